The normalized spacial score (nSPS) is 41.9. The predicted molar refractivity (Wildman–Crippen MR) is 116 cm³/mol. The van der Waals surface area contributed by atoms with E-state index in [2.05, 4.69) is 67.8 Å². The van der Waals surface area contributed by atoms with Crippen molar-refractivity contribution in [3.63, 3.8) is 0 Å². The highest BCUT2D eigenvalue weighted by Gasteiger charge is 2.48. The van der Waals surface area contributed by atoms with E-state index in [9.17, 15) is 0 Å². The Kier molecular flexibility index (Phi) is 5.09. The predicted octanol–water partition coefficient (Wildman–Crippen LogP) is 5.56. The molecule has 0 saturated carbocycles. The van der Waals surface area contributed by atoms with E-state index >= 15 is 0 Å². The van der Waals surface area contributed by atoms with Crippen LogP contribution in [0.15, 0.2) is 59.9 Å². The Morgan fingerprint density at radius 1 is 1.00 bits per heavy atom. The summed E-state index contributed by atoms with van der Waals surface area (Å²) >= 11 is 0. The van der Waals surface area contributed by atoms with Gasteiger partial charge in [-0.25, -0.2) is 0 Å². The van der Waals surface area contributed by atoms with Gasteiger partial charge in [0.2, 0.25) is 0 Å². The van der Waals surface area contributed by atoms with Crippen LogP contribution in [-0.2, 0) is 4.74 Å². The fourth-order valence-electron chi connectivity index (χ4n) is 6.31. The zero-order chi connectivity index (χ0) is 19.1. The molecule has 0 amide bonds. The second kappa shape index (κ2) is 7.71. The molecule has 7 unspecified atom stereocenters. The second-order valence-electron chi connectivity index (χ2n) is 9.70. The van der Waals surface area contributed by atoms with E-state index in [1.807, 2.05) is 0 Å². The van der Waals surface area contributed by atoms with Crippen molar-refractivity contribution >= 4 is 0 Å². The first kappa shape index (κ1) is 18.5. The van der Waals surface area contributed by atoms with Gasteiger partial charge in [-0.1, -0.05) is 62.5 Å². The third-order valence-corrected chi connectivity index (χ3v) is 7.80. The summed E-state index contributed by atoms with van der Waals surface area (Å²) in [4.78, 5) is 0. The van der Waals surface area contributed by atoms with Crippen LogP contribution in [0.4, 0.5) is 0 Å². The van der Waals surface area contributed by atoms with Gasteiger partial charge in [0.15, 0.2) is 0 Å². The Bertz CT molecular complexity index is 740. The van der Waals surface area contributed by atoms with Crippen LogP contribution in [0.1, 0.15) is 46.0 Å². The summed E-state index contributed by atoms with van der Waals surface area (Å²) in [6.45, 7) is 5.70. The average Bonchev–Trinajstić information content (AvgIpc) is 3.13. The fraction of sp³-hybridized carbons (Fsp3) is 0.615. The lowest BCUT2D eigenvalue weighted by Crippen LogP contribution is -2.42. The Balaban J connectivity index is 1.47. The molecule has 7 atom stereocenters. The molecule has 0 bridgehead atoms. The van der Waals surface area contributed by atoms with E-state index in [0.29, 0.717) is 35.9 Å². The molecule has 0 aromatic carbocycles. The number of rotatable bonds is 3. The average molecular weight is 378 g/mol. The Morgan fingerprint density at radius 3 is 2.71 bits per heavy atom. The molecular weight excluding hydrogens is 342 g/mol. The van der Waals surface area contributed by atoms with Crippen molar-refractivity contribution in [3.8, 4) is 0 Å². The first-order valence-corrected chi connectivity index (χ1v) is 11.5. The van der Waals surface area contributed by atoms with Gasteiger partial charge in [0.25, 0.3) is 0 Å². The maximum Gasteiger partial charge on any atom is 0.0831 e. The van der Waals surface area contributed by atoms with Crippen molar-refractivity contribution in [2.75, 3.05) is 6.54 Å². The summed E-state index contributed by atoms with van der Waals surface area (Å²) in [6.07, 6.45) is 26.0. The molecular formula is C26H35NO. The highest BCUT2D eigenvalue weighted by atomic mass is 16.5. The highest BCUT2D eigenvalue weighted by Crippen LogP contribution is 2.50. The zero-order valence-corrected chi connectivity index (χ0v) is 17.4. The first-order chi connectivity index (χ1) is 13.7. The van der Waals surface area contributed by atoms with E-state index in [1.165, 1.54) is 37.8 Å². The molecule has 0 aromatic heterocycles. The molecule has 150 valence electrons. The number of hydrogen-bond acceptors (Lipinski definition) is 2. The van der Waals surface area contributed by atoms with Crippen LogP contribution in [0.3, 0.4) is 0 Å². The Labute approximate surface area is 170 Å². The molecule has 28 heavy (non-hydrogen) atoms. The lowest BCUT2D eigenvalue weighted by Gasteiger charge is -2.41. The van der Waals surface area contributed by atoms with Gasteiger partial charge in [0.1, 0.15) is 0 Å². The largest absolute Gasteiger partial charge is 0.388 e. The maximum absolute atomic E-state index is 6.73. The Hall–Kier alpha value is -1.54. The van der Waals surface area contributed by atoms with Crippen molar-refractivity contribution < 1.29 is 4.74 Å². The van der Waals surface area contributed by atoms with Crippen molar-refractivity contribution in [1.29, 1.82) is 0 Å². The Morgan fingerprint density at radius 2 is 1.89 bits per heavy atom. The molecule has 1 fully saturated rings. The number of nitrogens with one attached hydrogen (secondary N) is 1. The number of ether oxygens (including phenoxy) is 1. The smallest absolute Gasteiger partial charge is 0.0831 e. The highest BCUT2D eigenvalue weighted by molar-refractivity contribution is 5.31. The molecule has 0 aromatic rings. The van der Waals surface area contributed by atoms with E-state index in [0.717, 1.165) is 18.4 Å². The van der Waals surface area contributed by atoms with Gasteiger partial charge in [-0.05, 0) is 67.3 Å². The molecule has 0 spiro atoms. The number of allylic oxidation sites excluding steroid dienone is 8. The topological polar surface area (TPSA) is 21.3 Å². The number of fused-ring (bicyclic) bond motifs is 3. The third kappa shape index (κ3) is 3.24. The van der Waals surface area contributed by atoms with Crippen molar-refractivity contribution in [1.82, 2.24) is 5.32 Å². The molecule has 2 heterocycles. The summed E-state index contributed by atoms with van der Waals surface area (Å²) < 4.78 is 6.73. The molecule has 2 heteroatoms. The van der Waals surface area contributed by atoms with Gasteiger partial charge in [-0.15, -0.1) is 0 Å². The molecule has 1 saturated heterocycles. The lowest BCUT2D eigenvalue weighted by atomic mass is 9.67. The van der Waals surface area contributed by atoms with Crippen molar-refractivity contribution in [2.24, 2.45) is 35.5 Å². The van der Waals surface area contributed by atoms with Crippen molar-refractivity contribution in [2.45, 2.75) is 58.2 Å². The van der Waals surface area contributed by atoms with Crippen LogP contribution in [0.2, 0.25) is 0 Å². The summed E-state index contributed by atoms with van der Waals surface area (Å²) in [5, 5.41) is 3.77. The minimum Gasteiger partial charge on any atom is -0.388 e. The van der Waals surface area contributed by atoms with Gasteiger partial charge < -0.3 is 10.1 Å². The summed E-state index contributed by atoms with van der Waals surface area (Å²) in [5.74, 6) is 3.78. The molecule has 3 aliphatic carbocycles. The lowest BCUT2D eigenvalue weighted by molar-refractivity contribution is 0.0617. The summed E-state index contributed by atoms with van der Waals surface area (Å²) in [7, 11) is 0. The monoisotopic (exact) mass is 377 g/mol. The fourth-order valence-corrected chi connectivity index (χ4v) is 6.31. The van der Waals surface area contributed by atoms with Crippen LogP contribution in [-0.4, -0.2) is 18.8 Å². The minimum atomic E-state index is 0.338. The van der Waals surface area contributed by atoms with Gasteiger partial charge in [0, 0.05) is 18.2 Å². The minimum absolute atomic E-state index is 0.338. The van der Waals surface area contributed by atoms with Crippen LogP contribution in [0.5, 0.6) is 0 Å². The molecule has 2 aliphatic heterocycles. The number of hydrogen-bond donors (Lipinski definition) is 1. The third-order valence-electron chi connectivity index (χ3n) is 7.80. The first-order valence-electron chi connectivity index (χ1n) is 11.5. The van der Waals surface area contributed by atoms with E-state index in [-0.39, 0.29) is 0 Å². The molecule has 2 nitrogen and oxygen atoms in total. The molecule has 1 N–H and O–H groups in total. The van der Waals surface area contributed by atoms with Crippen molar-refractivity contribution in [3.05, 3.63) is 59.9 Å². The van der Waals surface area contributed by atoms with Crippen LogP contribution >= 0.6 is 0 Å². The summed E-state index contributed by atoms with van der Waals surface area (Å²) in [6, 6.07) is 0. The van der Waals surface area contributed by atoms with Crippen LogP contribution < -0.4 is 5.32 Å². The van der Waals surface area contributed by atoms with E-state index in [1.54, 1.807) is 5.57 Å². The molecule has 5 aliphatic rings. The molecule has 0 radical (unpaired) electrons. The SMILES string of the molecule is CC(C)C1=CC(C2=CCCC3C2OC2C=CCCC23)C(C2C=CC=CC2)CN1. The van der Waals surface area contributed by atoms with Crippen LogP contribution in [0, 0.1) is 35.5 Å². The summed E-state index contributed by atoms with van der Waals surface area (Å²) in [5.41, 5.74) is 3.03. The van der Waals surface area contributed by atoms with Gasteiger partial charge in [0.05, 0.1) is 12.2 Å². The standard InChI is InChI=1S/C26H35NO/c1-17(2)24-15-22(23(16-27-24)18-9-4-3-5-10-18)21-13-8-12-20-19-11-6-7-14-25(19)28-26(20)21/h3-5,7,9,13-15,17-20,22-23,25-27H,6,8,10-12,16H2,1-2H3. The second-order valence-corrected chi connectivity index (χ2v) is 9.70. The van der Waals surface area contributed by atoms with Gasteiger partial charge in [-0.2, -0.15) is 0 Å². The van der Waals surface area contributed by atoms with Gasteiger partial charge >= 0.3 is 0 Å². The quantitative estimate of drug-likeness (QED) is 0.650. The van der Waals surface area contributed by atoms with E-state index in [4.69, 9.17) is 4.74 Å². The molecule has 5 rings (SSSR count). The van der Waals surface area contributed by atoms with E-state index < -0.39 is 0 Å². The zero-order valence-electron chi connectivity index (χ0n) is 17.4. The maximum atomic E-state index is 6.73. The van der Waals surface area contributed by atoms with Gasteiger partial charge in [-0.3, -0.25) is 0 Å². The van der Waals surface area contributed by atoms with Crippen LogP contribution in [0.25, 0.3) is 0 Å².